The molecule has 3 rings (SSSR count). The molecule has 0 aliphatic carbocycles. The fourth-order valence-electron chi connectivity index (χ4n) is 2.16. The Labute approximate surface area is 123 Å². The quantitative estimate of drug-likeness (QED) is 0.531. The number of aliphatic hydroxyl groups is 1. The molecule has 8 heteroatoms. The van der Waals surface area contributed by atoms with Crippen LogP contribution >= 0.6 is 0 Å². The van der Waals surface area contributed by atoms with Crippen molar-refractivity contribution in [3.05, 3.63) is 62.3 Å². The van der Waals surface area contributed by atoms with Crippen LogP contribution in [0.5, 0.6) is 0 Å². The Morgan fingerprint density at radius 3 is 2.55 bits per heavy atom. The van der Waals surface area contributed by atoms with Crippen molar-refractivity contribution in [2.24, 2.45) is 0 Å². The van der Waals surface area contributed by atoms with Crippen molar-refractivity contribution in [1.29, 1.82) is 0 Å². The average Bonchev–Trinajstić information content (AvgIpc) is 2.49. The SMILES string of the molecule is Nc1nc2[nH]c(=O)c(CC(O)c3ccccc3)nc2c(=O)[nH]1. The highest BCUT2D eigenvalue weighted by Gasteiger charge is 2.15. The fraction of sp³-hybridized carbons (Fsp3) is 0.143. The second-order valence-corrected chi connectivity index (χ2v) is 4.79. The largest absolute Gasteiger partial charge is 0.388 e. The smallest absolute Gasteiger partial charge is 0.280 e. The predicted molar refractivity (Wildman–Crippen MR) is 80.3 cm³/mol. The first-order valence-corrected chi connectivity index (χ1v) is 6.56. The van der Waals surface area contributed by atoms with Crippen LogP contribution in [-0.4, -0.2) is 25.0 Å². The minimum atomic E-state index is -0.895. The molecule has 8 nitrogen and oxygen atoms in total. The van der Waals surface area contributed by atoms with Gasteiger partial charge in [0.05, 0.1) is 6.10 Å². The van der Waals surface area contributed by atoms with Crippen LogP contribution in [0.2, 0.25) is 0 Å². The zero-order valence-electron chi connectivity index (χ0n) is 11.4. The summed E-state index contributed by atoms with van der Waals surface area (Å²) in [5.74, 6) is -0.105. The normalized spacial score (nSPS) is 12.4. The molecule has 5 N–H and O–H groups in total. The van der Waals surface area contributed by atoms with E-state index in [-0.39, 0.29) is 29.2 Å². The van der Waals surface area contributed by atoms with E-state index in [0.29, 0.717) is 5.56 Å². The zero-order valence-corrected chi connectivity index (χ0v) is 11.4. The number of hydrogen-bond acceptors (Lipinski definition) is 6. The standard InChI is InChI=1S/C14H13N5O3/c15-14-18-11-10(13(22)19-14)16-8(12(21)17-11)6-9(20)7-4-2-1-3-5-7/h1-5,9,20H,6H2,(H4,15,17,18,19,21,22). The lowest BCUT2D eigenvalue weighted by Crippen LogP contribution is -2.23. The molecule has 0 saturated carbocycles. The Morgan fingerprint density at radius 1 is 1.09 bits per heavy atom. The van der Waals surface area contributed by atoms with E-state index in [1.165, 1.54) is 0 Å². The van der Waals surface area contributed by atoms with Gasteiger partial charge in [0.1, 0.15) is 5.69 Å². The summed E-state index contributed by atoms with van der Waals surface area (Å²) in [6.45, 7) is 0. The number of H-pyrrole nitrogens is 2. The molecule has 112 valence electrons. The summed E-state index contributed by atoms with van der Waals surface area (Å²) in [6.07, 6.45) is -0.910. The third-order valence-corrected chi connectivity index (χ3v) is 3.23. The molecule has 0 aliphatic rings. The van der Waals surface area contributed by atoms with Crippen molar-refractivity contribution in [3.63, 3.8) is 0 Å². The summed E-state index contributed by atoms with van der Waals surface area (Å²) in [4.78, 5) is 36.4. The molecule has 2 heterocycles. The molecule has 0 saturated heterocycles. The maximum atomic E-state index is 12.0. The number of nitrogens with two attached hydrogens (primary N) is 1. The summed E-state index contributed by atoms with van der Waals surface area (Å²) >= 11 is 0. The Balaban J connectivity index is 2.03. The minimum absolute atomic E-state index is 0.0148. The van der Waals surface area contributed by atoms with E-state index >= 15 is 0 Å². The highest BCUT2D eigenvalue weighted by Crippen LogP contribution is 2.15. The summed E-state index contributed by atoms with van der Waals surface area (Å²) < 4.78 is 0. The van der Waals surface area contributed by atoms with Gasteiger partial charge in [0.25, 0.3) is 11.1 Å². The van der Waals surface area contributed by atoms with E-state index in [1.54, 1.807) is 24.3 Å². The molecule has 22 heavy (non-hydrogen) atoms. The van der Waals surface area contributed by atoms with Gasteiger partial charge in [0, 0.05) is 6.42 Å². The molecule has 0 fully saturated rings. The average molecular weight is 299 g/mol. The Hall–Kier alpha value is -3.00. The van der Waals surface area contributed by atoms with Gasteiger partial charge < -0.3 is 15.8 Å². The van der Waals surface area contributed by atoms with Gasteiger partial charge in [-0.05, 0) is 5.56 Å². The van der Waals surface area contributed by atoms with Crippen LogP contribution in [0.15, 0.2) is 39.9 Å². The second kappa shape index (κ2) is 5.41. The number of anilines is 1. The lowest BCUT2D eigenvalue weighted by molar-refractivity contribution is 0.177. The number of rotatable bonds is 3. The first-order valence-electron chi connectivity index (χ1n) is 6.56. The fourth-order valence-corrected chi connectivity index (χ4v) is 2.16. The van der Waals surface area contributed by atoms with E-state index in [1.807, 2.05) is 6.07 Å². The first kappa shape index (κ1) is 14.0. The number of nitrogens with one attached hydrogen (secondary N) is 2. The topological polar surface area (TPSA) is 138 Å². The zero-order chi connectivity index (χ0) is 15.7. The van der Waals surface area contributed by atoms with Gasteiger partial charge in [-0.3, -0.25) is 14.6 Å². The van der Waals surface area contributed by atoms with Gasteiger partial charge in [0.15, 0.2) is 11.2 Å². The van der Waals surface area contributed by atoms with Crippen molar-refractivity contribution < 1.29 is 5.11 Å². The Kier molecular flexibility index (Phi) is 3.43. The number of nitrogen functional groups attached to an aromatic ring is 1. The summed E-state index contributed by atoms with van der Waals surface area (Å²) in [6, 6.07) is 8.89. The molecule has 0 bridgehead atoms. The van der Waals surface area contributed by atoms with Crippen LogP contribution in [-0.2, 0) is 6.42 Å². The van der Waals surface area contributed by atoms with Crippen LogP contribution in [0.1, 0.15) is 17.4 Å². The highest BCUT2D eigenvalue weighted by molar-refractivity contribution is 5.69. The summed E-state index contributed by atoms with van der Waals surface area (Å²) in [7, 11) is 0. The van der Waals surface area contributed by atoms with Gasteiger partial charge in [-0.2, -0.15) is 4.98 Å². The number of fused-ring (bicyclic) bond motifs is 1. The van der Waals surface area contributed by atoms with Crippen LogP contribution < -0.4 is 16.9 Å². The molecular weight excluding hydrogens is 286 g/mol. The number of benzene rings is 1. The minimum Gasteiger partial charge on any atom is -0.388 e. The van der Waals surface area contributed by atoms with E-state index in [2.05, 4.69) is 19.9 Å². The van der Waals surface area contributed by atoms with Crippen LogP contribution in [0.4, 0.5) is 5.95 Å². The third kappa shape index (κ3) is 2.59. The lowest BCUT2D eigenvalue weighted by atomic mass is 10.1. The van der Waals surface area contributed by atoms with Crippen molar-refractivity contribution in [2.75, 3.05) is 5.73 Å². The predicted octanol–water partition coefficient (Wildman–Crippen LogP) is -0.135. The molecule has 0 aliphatic heterocycles. The van der Waals surface area contributed by atoms with Crippen molar-refractivity contribution >= 4 is 17.1 Å². The van der Waals surface area contributed by atoms with Crippen LogP contribution in [0, 0.1) is 0 Å². The van der Waals surface area contributed by atoms with Crippen molar-refractivity contribution in [3.8, 4) is 0 Å². The summed E-state index contributed by atoms with van der Waals surface area (Å²) in [5, 5.41) is 10.2. The number of aromatic nitrogens is 4. The van der Waals surface area contributed by atoms with Gasteiger partial charge in [0.2, 0.25) is 5.95 Å². The van der Waals surface area contributed by atoms with Gasteiger partial charge in [-0.15, -0.1) is 0 Å². The highest BCUT2D eigenvalue weighted by atomic mass is 16.3. The van der Waals surface area contributed by atoms with Gasteiger partial charge >= 0.3 is 0 Å². The van der Waals surface area contributed by atoms with Crippen LogP contribution in [0.3, 0.4) is 0 Å². The Morgan fingerprint density at radius 2 is 1.82 bits per heavy atom. The maximum absolute atomic E-state index is 12.0. The van der Waals surface area contributed by atoms with E-state index < -0.39 is 17.2 Å². The molecule has 0 amide bonds. The molecule has 1 atom stereocenters. The number of aromatic amines is 2. The number of nitrogens with zero attached hydrogens (tertiary/aromatic N) is 2. The van der Waals surface area contributed by atoms with E-state index in [9.17, 15) is 14.7 Å². The van der Waals surface area contributed by atoms with E-state index in [0.717, 1.165) is 0 Å². The lowest BCUT2D eigenvalue weighted by Gasteiger charge is -2.10. The number of hydrogen-bond donors (Lipinski definition) is 4. The molecule has 2 aromatic heterocycles. The molecule has 1 aromatic carbocycles. The van der Waals surface area contributed by atoms with Crippen molar-refractivity contribution in [2.45, 2.75) is 12.5 Å². The van der Waals surface area contributed by atoms with Crippen LogP contribution in [0.25, 0.3) is 11.2 Å². The Bertz CT molecular complexity index is 933. The van der Waals surface area contributed by atoms with Gasteiger partial charge in [-0.25, -0.2) is 4.98 Å². The molecule has 0 radical (unpaired) electrons. The van der Waals surface area contributed by atoms with Gasteiger partial charge in [-0.1, -0.05) is 30.3 Å². The molecular formula is C14H13N5O3. The molecule has 1 unspecified atom stereocenters. The summed E-state index contributed by atoms with van der Waals surface area (Å²) in [5.41, 5.74) is 5.06. The van der Waals surface area contributed by atoms with Crippen molar-refractivity contribution in [1.82, 2.24) is 19.9 Å². The first-order chi connectivity index (χ1) is 10.5. The molecule has 0 spiro atoms. The number of aliphatic hydroxyl groups excluding tert-OH is 1. The monoisotopic (exact) mass is 299 g/mol. The van der Waals surface area contributed by atoms with E-state index in [4.69, 9.17) is 5.73 Å². The third-order valence-electron chi connectivity index (χ3n) is 3.23. The second-order valence-electron chi connectivity index (χ2n) is 4.79. The maximum Gasteiger partial charge on any atom is 0.280 e. The molecule has 3 aromatic rings.